The van der Waals surface area contributed by atoms with Gasteiger partial charge in [-0.3, -0.25) is 0 Å². The second-order valence-electron chi connectivity index (χ2n) is 8.34. The van der Waals surface area contributed by atoms with Crippen LogP contribution in [-0.4, -0.2) is 37.4 Å². The van der Waals surface area contributed by atoms with Gasteiger partial charge in [0, 0.05) is 6.54 Å². The Morgan fingerprint density at radius 3 is 1.88 bits per heavy atom. The Morgan fingerprint density at radius 2 is 1.38 bits per heavy atom. The molecular formula is C27H27F2NO2. The van der Waals surface area contributed by atoms with E-state index in [4.69, 9.17) is 4.74 Å². The Labute approximate surface area is 187 Å². The number of piperidine rings is 1. The van der Waals surface area contributed by atoms with Crippen LogP contribution in [0.2, 0.25) is 0 Å². The first-order chi connectivity index (χ1) is 15.6. The number of rotatable bonds is 8. The van der Waals surface area contributed by atoms with E-state index in [0.29, 0.717) is 6.61 Å². The first kappa shape index (κ1) is 22.3. The summed E-state index contributed by atoms with van der Waals surface area (Å²) in [5.41, 5.74) is 2.31. The lowest BCUT2D eigenvalue weighted by Crippen LogP contribution is -2.44. The van der Waals surface area contributed by atoms with Crippen molar-refractivity contribution in [1.82, 2.24) is 4.90 Å². The normalized spacial score (nSPS) is 16.2. The lowest BCUT2D eigenvalue weighted by Gasteiger charge is -2.38. The van der Waals surface area contributed by atoms with Crippen LogP contribution in [0.25, 0.3) is 0 Å². The highest BCUT2D eigenvalue weighted by Crippen LogP contribution is 2.33. The van der Waals surface area contributed by atoms with Gasteiger partial charge in [-0.25, -0.2) is 8.78 Å². The number of likely N-dealkylation sites (tertiary alicyclic amines) is 1. The van der Waals surface area contributed by atoms with Crippen LogP contribution in [0.15, 0.2) is 78.9 Å². The summed E-state index contributed by atoms with van der Waals surface area (Å²) in [7, 11) is 0. The number of halogens is 2. The molecule has 3 nitrogen and oxygen atoms in total. The summed E-state index contributed by atoms with van der Waals surface area (Å²) in [6.07, 6.45) is 2.26. The van der Waals surface area contributed by atoms with Gasteiger partial charge in [0.1, 0.15) is 24.0 Å². The van der Waals surface area contributed by atoms with Gasteiger partial charge < -0.3 is 14.4 Å². The fourth-order valence-corrected chi connectivity index (χ4v) is 4.38. The zero-order valence-electron chi connectivity index (χ0n) is 17.9. The molecule has 0 radical (unpaired) electrons. The average Bonchev–Trinajstić information content (AvgIpc) is 2.84. The molecule has 0 unspecified atom stereocenters. The van der Waals surface area contributed by atoms with Crippen LogP contribution < -0.4 is 0 Å². The van der Waals surface area contributed by atoms with Crippen LogP contribution in [0.4, 0.5) is 8.78 Å². The number of carbonyl (C=O) groups is 1. The standard InChI is InChI=1S/C27H27F2NO2/c28-24-10-6-21(7-11-24)26(22-8-12-25(29)13-9-22)32-19-18-30-16-14-27(20-31,15-17-30)23-4-2-1-3-5-23/h1-13,20,26H,14-19H2. The maximum atomic E-state index is 13.4. The van der Waals surface area contributed by atoms with Crippen molar-refractivity contribution < 1.29 is 18.3 Å². The van der Waals surface area contributed by atoms with Crippen molar-refractivity contribution in [3.63, 3.8) is 0 Å². The van der Waals surface area contributed by atoms with E-state index in [-0.39, 0.29) is 11.6 Å². The smallest absolute Gasteiger partial charge is 0.130 e. The Kier molecular flexibility index (Phi) is 7.08. The lowest BCUT2D eigenvalue weighted by molar-refractivity contribution is -0.114. The molecule has 3 aromatic carbocycles. The average molecular weight is 436 g/mol. The molecular weight excluding hydrogens is 408 g/mol. The van der Waals surface area contributed by atoms with E-state index in [0.717, 1.165) is 55.5 Å². The van der Waals surface area contributed by atoms with Crippen LogP contribution in [-0.2, 0) is 14.9 Å². The van der Waals surface area contributed by atoms with E-state index in [1.165, 1.54) is 24.3 Å². The SMILES string of the molecule is O=CC1(c2ccccc2)CCN(CCOC(c2ccc(F)cc2)c2ccc(F)cc2)CC1. The van der Waals surface area contributed by atoms with Gasteiger partial charge in [-0.15, -0.1) is 0 Å². The molecule has 1 heterocycles. The molecule has 0 N–H and O–H groups in total. The van der Waals surface area contributed by atoms with Gasteiger partial charge in [0.15, 0.2) is 0 Å². The summed E-state index contributed by atoms with van der Waals surface area (Å²) < 4.78 is 33.0. The molecule has 1 aliphatic heterocycles. The largest absolute Gasteiger partial charge is 0.367 e. The van der Waals surface area contributed by atoms with Gasteiger partial charge in [0.2, 0.25) is 0 Å². The Bertz CT molecular complexity index is 953. The molecule has 4 rings (SSSR count). The summed E-state index contributed by atoms with van der Waals surface area (Å²) >= 11 is 0. The van der Waals surface area contributed by atoms with Crippen LogP contribution in [0.5, 0.6) is 0 Å². The molecule has 3 aromatic rings. The van der Waals surface area contributed by atoms with E-state index in [1.54, 1.807) is 24.3 Å². The van der Waals surface area contributed by atoms with Gasteiger partial charge in [0.05, 0.1) is 12.0 Å². The van der Waals surface area contributed by atoms with Crippen molar-refractivity contribution >= 4 is 6.29 Å². The van der Waals surface area contributed by atoms with E-state index >= 15 is 0 Å². The molecule has 0 atom stereocenters. The highest BCUT2D eigenvalue weighted by atomic mass is 19.1. The zero-order valence-corrected chi connectivity index (χ0v) is 17.9. The molecule has 1 saturated heterocycles. The van der Waals surface area contributed by atoms with E-state index in [9.17, 15) is 13.6 Å². The number of aldehydes is 1. The fraction of sp³-hybridized carbons (Fsp3) is 0.296. The van der Waals surface area contributed by atoms with Crippen LogP contribution in [0, 0.1) is 11.6 Å². The number of hydrogen-bond acceptors (Lipinski definition) is 3. The second-order valence-corrected chi connectivity index (χ2v) is 8.34. The monoisotopic (exact) mass is 435 g/mol. The van der Waals surface area contributed by atoms with Crippen molar-refractivity contribution in [2.75, 3.05) is 26.2 Å². The summed E-state index contributed by atoms with van der Waals surface area (Å²) in [5.74, 6) is -0.617. The number of carbonyl (C=O) groups excluding carboxylic acids is 1. The highest BCUT2D eigenvalue weighted by molar-refractivity contribution is 5.69. The Balaban J connectivity index is 1.38. The molecule has 166 valence electrons. The minimum atomic E-state index is -0.413. The molecule has 0 aliphatic carbocycles. The topological polar surface area (TPSA) is 29.5 Å². The van der Waals surface area contributed by atoms with E-state index in [1.807, 2.05) is 30.3 Å². The first-order valence-electron chi connectivity index (χ1n) is 11.0. The van der Waals surface area contributed by atoms with Crippen molar-refractivity contribution in [2.24, 2.45) is 0 Å². The van der Waals surface area contributed by atoms with Crippen molar-refractivity contribution in [3.05, 3.63) is 107 Å². The Morgan fingerprint density at radius 1 is 0.844 bits per heavy atom. The van der Waals surface area contributed by atoms with Gasteiger partial charge in [-0.2, -0.15) is 0 Å². The molecule has 0 bridgehead atoms. The van der Waals surface area contributed by atoms with Gasteiger partial charge >= 0.3 is 0 Å². The third kappa shape index (κ3) is 5.12. The molecule has 1 aliphatic rings. The number of hydrogen-bond donors (Lipinski definition) is 0. The second kappa shape index (κ2) is 10.2. The summed E-state index contributed by atoms with van der Waals surface area (Å²) in [4.78, 5) is 14.3. The number of nitrogens with zero attached hydrogens (tertiary/aromatic N) is 1. The van der Waals surface area contributed by atoms with Gasteiger partial charge in [-0.1, -0.05) is 54.6 Å². The maximum absolute atomic E-state index is 13.4. The summed E-state index contributed by atoms with van der Waals surface area (Å²) in [6.45, 7) is 2.82. The molecule has 0 aromatic heterocycles. The molecule has 1 fully saturated rings. The van der Waals surface area contributed by atoms with Gasteiger partial charge in [-0.05, 0) is 66.9 Å². The predicted octanol–water partition coefficient (Wildman–Crippen LogP) is 5.30. The molecule has 0 amide bonds. The minimum absolute atomic E-state index is 0.308. The predicted molar refractivity (Wildman–Crippen MR) is 120 cm³/mol. The zero-order chi connectivity index (χ0) is 22.4. The van der Waals surface area contributed by atoms with Crippen LogP contribution in [0.1, 0.15) is 35.6 Å². The first-order valence-corrected chi connectivity index (χ1v) is 11.0. The van der Waals surface area contributed by atoms with Crippen molar-refractivity contribution in [1.29, 1.82) is 0 Å². The Hall–Kier alpha value is -2.89. The van der Waals surface area contributed by atoms with Crippen LogP contribution in [0.3, 0.4) is 0 Å². The van der Waals surface area contributed by atoms with E-state index in [2.05, 4.69) is 4.90 Å². The molecule has 5 heteroatoms. The summed E-state index contributed by atoms with van der Waals surface area (Å²) in [5, 5.41) is 0. The quantitative estimate of drug-likeness (QED) is 0.450. The fourth-order valence-electron chi connectivity index (χ4n) is 4.38. The molecule has 0 saturated carbocycles. The highest BCUT2D eigenvalue weighted by Gasteiger charge is 2.35. The third-order valence-corrected chi connectivity index (χ3v) is 6.36. The number of ether oxygens (including phenoxy) is 1. The lowest BCUT2D eigenvalue weighted by atomic mass is 9.74. The van der Waals surface area contributed by atoms with Crippen molar-refractivity contribution in [3.8, 4) is 0 Å². The minimum Gasteiger partial charge on any atom is -0.367 e. The molecule has 0 spiro atoms. The van der Waals surface area contributed by atoms with Crippen LogP contribution >= 0.6 is 0 Å². The van der Waals surface area contributed by atoms with E-state index < -0.39 is 11.5 Å². The number of benzene rings is 3. The maximum Gasteiger partial charge on any atom is 0.130 e. The van der Waals surface area contributed by atoms with Crippen molar-refractivity contribution in [2.45, 2.75) is 24.4 Å². The summed E-state index contributed by atoms with van der Waals surface area (Å²) in [6, 6.07) is 22.4. The molecule has 32 heavy (non-hydrogen) atoms. The third-order valence-electron chi connectivity index (χ3n) is 6.36. The van der Waals surface area contributed by atoms with Gasteiger partial charge in [0.25, 0.3) is 0 Å².